The summed E-state index contributed by atoms with van der Waals surface area (Å²) in [7, 11) is 0. The standard InChI is InChI=1S/C16H25N3O4S/c20-14-2-3-15(21)19(14)11-16(22)18-4-1-9-24-12-13(18)10-17-5-7-23-8-6-17/h13H,1-12H2/t13-/m0/s1. The molecule has 24 heavy (non-hydrogen) atoms. The fourth-order valence-electron chi connectivity index (χ4n) is 3.42. The Morgan fingerprint density at radius 3 is 2.54 bits per heavy atom. The minimum absolute atomic E-state index is 0.0953. The molecule has 7 nitrogen and oxygen atoms in total. The molecule has 0 aromatic carbocycles. The van der Waals surface area contributed by atoms with E-state index >= 15 is 0 Å². The highest BCUT2D eigenvalue weighted by Gasteiger charge is 2.34. The van der Waals surface area contributed by atoms with Crippen LogP contribution in [0.4, 0.5) is 0 Å². The van der Waals surface area contributed by atoms with E-state index in [1.807, 2.05) is 16.7 Å². The van der Waals surface area contributed by atoms with E-state index < -0.39 is 0 Å². The molecule has 3 rings (SSSR count). The first-order valence-corrected chi connectivity index (χ1v) is 9.81. The molecule has 3 amide bonds. The molecule has 1 atom stereocenters. The van der Waals surface area contributed by atoms with Crippen molar-refractivity contribution < 1.29 is 19.1 Å². The maximum atomic E-state index is 12.8. The fourth-order valence-corrected chi connectivity index (χ4v) is 4.47. The van der Waals surface area contributed by atoms with Gasteiger partial charge in [-0.15, -0.1) is 0 Å². The van der Waals surface area contributed by atoms with Gasteiger partial charge < -0.3 is 9.64 Å². The zero-order valence-electron chi connectivity index (χ0n) is 13.9. The van der Waals surface area contributed by atoms with Crippen molar-refractivity contribution in [1.29, 1.82) is 0 Å². The van der Waals surface area contributed by atoms with Gasteiger partial charge in [0.05, 0.1) is 19.3 Å². The van der Waals surface area contributed by atoms with Crippen molar-refractivity contribution in [1.82, 2.24) is 14.7 Å². The van der Waals surface area contributed by atoms with Crippen molar-refractivity contribution in [3.8, 4) is 0 Å². The van der Waals surface area contributed by atoms with E-state index in [0.29, 0.717) is 6.54 Å². The van der Waals surface area contributed by atoms with Crippen molar-refractivity contribution in [2.75, 3.05) is 57.4 Å². The highest BCUT2D eigenvalue weighted by atomic mass is 32.2. The Hall–Kier alpha value is -1.12. The molecule has 0 aromatic rings. The van der Waals surface area contributed by atoms with Crippen molar-refractivity contribution in [3.63, 3.8) is 0 Å². The van der Waals surface area contributed by atoms with Gasteiger partial charge in [0, 0.05) is 44.8 Å². The lowest BCUT2D eigenvalue weighted by Crippen LogP contribution is -2.53. The van der Waals surface area contributed by atoms with Crippen molar-refractivity contribution in [2.24, 2.45) is 0 Å². The maximum absolute atomic E-state index is 12.8. The van der Waals surface area contributed by atoms with E-state index in [2.05, 4.69) is 4.90 Å². The minimum atomic E-state index is -0.220. The number of nitrogens with zero attached hydrogens (tertiary/aromatic N) is 3. The van der Waals surface area contributed by atoms with E-state index in [0.717, 1.165) is 55.7 Å². The molecule has 0 bridgehead atoms. The summed E-state index contributed by atoms with van der Waals surface area (Å²) in [5, 5.41) is 0. The minimum Gasteiger partial charge on any atom is -0.379 e. The van der Waals surface area contributed by atoms with Crippen LogP contribution in [0.25, 0.3) is 0 Å². The Morgan fingerprint density at radius 2 is 1.83 bits per heavy atom. The number of morpholine rings is 1. The number of ether oxygens (including phenoxy) is 1. The highest BCUT2D eigenvalue weighted by molar-refractivity contribution is 7.99. The third-order valence-electron chi connectivity index (χ3n) is 4.78. The van der Waals surface area contributed by atoms with Gasteiger partial charge >= 0.3 is 0 Å². The quantitative estimate of drug-likeness (QED) is 0.651. The van der Waals surface area contributed by atoms with Crippen LogP contribution in [0.15, 0.2) is 0 Å². The van der Waals surface area contributed by atoms with Gasteiger partial charge in [-0.05, 0) is 12.2 Å². The second kappa shape index (κ2) is 8.31. The monoisotopic (exact) mass is 355 g/mol. The lowest BCUT2D eigenvalue weighted by molar-refractivity contribution is -0.146. The summed E-state index contributed by atoms with van der Waals surface area (Å²) < 4.78 is 5.39. The molecular weight excluding hydrogens is 330 g/mol. The summed E-state index contributed by atoms with van der Waals surface area (Å²) in [5.74, 6) is 1.42. The van der Waals surface area contributed by atoms with Crippen LogP contribution in [0.3, 0.4) is 0 Å². The van der Waals surface area contributed by atoms with Gasteiger partial charge in [0.2, 0.25) is 17.7 Å². The van der Waals surface area contributed by atoms with Crippen molar-refractivity contribution >= 4 is 29.5 Å². The molecule has 0 aliphatic carbocycles. The molecule has 3 aliphatic rings. The Labute approximate surface area is 146 Å². The molecule has 0 unspecified atom stereocenters. The van der Waals surface area contributed by atoms with Gasteiger partial charge in [-0.2, -0.15) is 11.8 Å². The average molecular weight is 355 g/mol. The third kappa shape index (κ3) is 4.29. The first-order valence-electron chi connectivity index (χ1n) is 8.65. The van der Waals surface area contributed by atoms with Crippen molar-refractivity contribution in [2.45, 2.75) is 25.3 Å². The van der Waals surface area contributed by atoms with Crippen LogP contribution < -0.4 is 0 Å². The predicted octanol–water partition coefficient (Wildman–Crippen LogP) is -0.198. The summed E-state index contributed by atoms with van der Waals surface area (Å²) in [5.41, 5.74) is 0. The fraction of sp³-hybridized carbons (Fsp3) is 0.812. The Bertz CT molecular complexity index is 480. The van der Waals surface area contributed by atoms with Crippen LogP contribution in [0.5, 0.6) is 0 Å². The van der Waals surface area contributed by atoms with E-state index in [4.69, 9.17) is 4.74 Å². The van der Waals surface area contributed by atoms with Gasteiger partial charge in [-0.3, -0.25) is 24.2 Å². The first-order chi connectivity index (χ1) is 11.6. The molecule has 3 fully saturated rings. The molecule has 3 heterocycles. The summed E-state index contributed by atoms with van der Waals surface area (Å²) in [6.45, 7) is 4.72. The first kappa shape index (κ1) is 17.7. The number of hydrogen-bond acceptors (Lipinski definition) is 6. The van der Waals surface area contributed by atoms with E-state index in [9.17, 15) is 14.4 Å². The number of imide groups is 1. The van der Waals surface area contributed by atoms with Crippen LogP contribution in [-0.2, 0) is 19.1 Å². The zero-order chi connectivity index (χ0) is 16.9. The van der Waals surface area contributed by atoms with Crippen LogP contribution in [0, 0.1) is 0 Å². The zero-order valence-corrected chi connectivity index (χ0v) is 14.8. The van der Waals surface area contributed by atoms with E-state index in [-0.39, 0.29) is 43.1 Å². The number of likely N-dealkylation sites (tertiary alicyclic amines) is 1. The molecule has 8 heteroatoms. The number of carbonyl (C=O) groups is 3. The van der Waals surface area contributed by atoms with Gasteiger partial charge in [0.25, 0.3) is 0 Å². The topological polar surface area (TPSA) is 70.2 Å². The number of amides is 3. The summed E-state index contributed by atoms with van der Waals surface area (Å²) in [6.07, 6.45) is 1.43. The summed E-state index contributed by atoms with van der Waals surface area (Å²) in [6, 6.07) is 0.135. The second-order valence-corrected chi connectivity index (χ2v) is 7.61. The number of thioether (sulfide) groups is 1. The molecule has 0 N–H and O–H groups in total. The van der Waals surface area contributed by atoms with E-state index in [1.165, 1.54) is 0 Å². The molecule has 3 saturated heterocycles. The van der Waals surface area contributed by atoms with Gasteiger partial charge in [0.1, 0.15) is 6.54 Å². The highest BCUT2D eigenvalue weighted by Crippen LogP contribution is 2.19. The number of rotatable bonds is 4. The molecule has 134 valence electrons. The second-order valence-electron chi connectivity index (χ2n) is 6.46. The van der Waals surface area contributed by atoms with Gasteiger partial charge in [-0.25, -0.2) is 0 Å². The smallest absolute Gasteiger partial charge is 0.243 e. The van der Waals surface area contributed by atoms with Crippen LogP contribution in [-0.4, -0.2) is 95.9 Å². The molecule has 3 aliphatic heterocycles. The SMILES string of the molecule is O=C1CCC(=O)N1CC(=O)N1CCCSC[C@@H]1CN1CCOCC1. The molecular formula is C16H25N3O4S. The summed E-state index contributed by atoms with van der Waals surface area (Å²) in [4.78, 5) is 41.7. The van der Waals surface area contributed by atoms with E-state index in [1.54, 1.807) is 0 Å². The van der Waals surface area contributed by atoms with Gasteiger partial charge in [-0.1, -0.05) is 0 Å². The Morgan fingerprint density at radius 1 is 1.12 bits per heavy atom. The molecule has 0 spiro atoms. The van der Waals surface area contributed by atoms with Crippen LogP contribution in [0.1, 0.15) is 19.3 Å². The third-order valence-corrected chi connectivity index (χ3v) is 5.98. The number of hydrogen-bond donors (Lipinski definition) is 0. The normalized spacial score (nSPS) is 26.8. The van der Waals surface area contributed by atoms with Crippen molar-refractivity contribution in [3.05, 3.63) is 0 Å². The lowest BCUT2D eigenvalue weighted by atomic mass is 10.2. The predicted molar refractivity (Wildman–Crippen MR) is 90.7 cm³/mol. The molecule has 0 saturated carbocycles. The molecule has 0 aromatic heterocycles. The Balaban J connectivity index is 1.63. The lowest BCUT2D eigenvalue weighted by Gasteiger charge is -2.36. The van der Waals surface area contributed by atoms with Crippen LogP contribution in [0.2, 0.25) is 0 Å². The van der Waals surface area contributed by atoms with Gasteiger partial charge in [0.15, 0.2) is 0 Å². The van der Waals surface area contributed by atoms with Crippen LogP contribution >= 0.6 is 11.8 Å². The average Bonchev–Trinajstić information content (AvgIpc) is 2.79. The number of carbonyl (C=O) groups excluding carboxylic acids is 3. The Kier molecular flexibility index (Phi) is 6.13. The molecule has 0 radical (unpaired) electrons. The summed E-state index contributed by atoms with van der Waals surface area (Å²) >= 11 is 1.88. The largest absolute Gasteiger partial charge is 0.379 e. The maximum Gasteiger partial charge on any atom is 0.243 e.